The smallest absolute Gasteiger partial charge is 0.258 e. The average molecular weight is 215 g/mol. The van der Waals surface area contributed by atoms with E-state index in [4.69, 9.17) is 0 Å². The van der Waals surface area contributed by atoms with Gasteiger partial charge in [-0.15, -0.1) is 5.10 Å². The lowest BCUT2D eigenvalue weighted by molar-refractivity contribution is -0.383. The molecule has 0 aliphatic heterocycles. The van der Waals surface area contributed by atoms with Crippen molar-refractivity contribution in [1.82, 2.24) is 20.0 Å². The molecule has 0 spiro atoms. The molecule has 0 aliphatic carbocycles. The van der Waals surface area contributed by atoms with E-state index >= 15 is 0 Å². The SMILES string of the molecule is O=[N+]([O-])c1cc2ccccc2n2nnnc12. The number of para-hydroxylation sites is 1. The maximum absolute atomic E-state index is 10.9. The molecule has 1 aromatic carbocycles. The largest absolute Gasteiger partial charge is 0.316 e. The summed E-state index contributed by atoms with van der Waals surface area (Å²) in [5.74, 6) is 0. The van der Waals surface area contributed by atoms with Gasteiger partial charge in [-0.2, -0.15) is 4.52 Å². The Morgan fingerprint density at radius 2 is 2.12 bits per heavy atom. The molecule has 78 valence electrons. The van der Waals surface area contributed by atoms with Crippen LogP contribution in [0.2, 0.25) is 0 Å². The minimum absolute atomic E-state index is 0.0938. The van der Waals surface area contributed by atoms with Gasteiger partial charge in [-0.1, -0.05) is 18.2 Å². The zero-order valence-corrected chi connectivity index (χ0v) is 7.94. The van der Waals surface area contributed by atoms with Gasteiger partial charge in [-0.25, -0.2) is 0 Å². The molecule has 0 saturated carbocycles. The topological polar surface area (TPSA) is 86.2 Å². The van der Waals surface area contributed by atoms with Gasteiger partial charge in [0.05, 0.1) is 10.4 Å². The fourth-order valence-corrected chi connectivity index (χ4v) is 1.66. The first kappa shape index (κ1) is 8.72. The maximum atomic E-state index is 10.9. The number of pyridine rings is 1. The number of fused-ring (bicyclic) bond motifs is 3. The Labute approximate surface area is 88.4 Å². The second kappa shape index (κ2) is 2.96. The predicted molar refractivity (Wildman–Crippen MR) is 54.9 cm³/mol. The van der Waals surface area contributed by atoms with Gasteiger partial charge >= 0.3 is 5.69 Å². The third-order valence-electron chi connectivity index (χ3n) is 2.35. The summed E-state index contributed by atoms with van der Waals surface area (Å²) in [6, 6.07) is 8.70. The lowest BCUT2D eigenvalue weighted by Gasteiger charge is -1.99. The normalized spacial score (nSPS) is 11.0. The molecule has 7 nitrogen and oxygen atoms in total. The summed E-state index contributed by atoms with van der Waals surface area (Å²) in [4.78, 5) is 10.4. The molecule has 2 heterocycles. The van der Waals surface area contributed by atoms with Crippen LogP contribution >= 0.6 is 0 Å². The van der Waals surface area contributed by atoms with Crippen molar-refractivity contribution < 1.29 is 4.92 Å². The van der Waals surface area contributed by atoms with Crippen molar-refractivity contribution in [3.05, 3.63) is 40.4 Å². The van der Waals surface area contributed by atoms with Crippen molar-refractivity contribution in [2.24, 2.45) is 0 Å². The van der Waals surface area contributed by atoms with E-state index in [1.54, 1.807) is 6.07 Å². The Bertz CT molecular complexity index is 705. The summed E-state index contributed by atoms with van der Waals surface area (Å²) in [6.45, 7) is 0. The van der Waals surface area contributed by atoms with Crippen molar-refractivity contribution in [2.45, 2.75) is 0 Å². The number of nitro groups is 1. The molecule has 3 aromatic rings. The highest BCUT2D eigenvalue weighted by molar-refractivity contribution is 5.85. The zero-order valence-electron chi connectivity index (χ0n) is 7.94. The lowest BCUT2D eigenvalue weighted by atomic mass is 10.2. The molecule has 0 bridgehead atoms. The van der Waals surface area contributed by atoms with Crippen LogP contribution in [0.1, 0.15) is 0 Å². The fraction of sp³-hybridized carbons (Fsp3) is 0. The molecular formula is C9H5N5O2. The number of rotatable bonds is 1. The summed E-state index contributed by atoms with van der Waals surface area (Å²) in [6.07, 6.45) is 0. The van der Waals surface area contributed by atoms with Gasteiger partial charge in [0, 0.05) is 11.5 Å². The van der Waals surface area contributed by atoms with Crippen molar-refractivity contribution >= 4 is 22.2 Å². The highest BCUT2D eigenvalue weighted by Crippen LogP contribution is 2.23. The molecule has 0 fully saturated rings. The standard InChI is InChI=1S/C9H5N5O2/c15-14(16)8-5-6-3-1-2-4-7(6)13-9(8)10-11-12-13/h1-5H. The van der Waals surface area contributed by atoms with E-state index in [1.165, 1.54) is 10.6 Å². The monoisotopic (exact) mass is 215 g/mol. The summed E-state index contributed by atoms with van der Waals surface area (Å²) in [7, 11) is 0. The molecule has 0 amide bonds. The number of aromatic nitrogens is 4. The van der Waals surface area contributed by atoms with Crippen LogP contribution in [-0.2, 0) is 0 Å². The Kier molecular flexibility index (Phi) is 1.61. The highest BCUT2D eigenvalue weighted by Gasteiger charge is 2.17. The van der Waals surface area contributed by atoms with E-state index in [0.29, 0.717) is 0 Å². The molecule has 0 N–H and O–H groups in total. The Morgan fingerprint density at radius 3 is 2.94 bits per heavy atom. The number of hydrogen-bond donors (Lipinski definition) is 0. The minimum atomic E-state index is -0.488. The van der Waals surface area contributed by atoms with Crippen LogP contribution in [0.15, 0.2) is 30.3 Å². The second-order valence-corrected chi connectivity index (χ2v) is 3.26. The first-order valence-corrected chi connectivity index (χ1v) is 4.51. The van der Waals surface area contributed by atoms with Gasteiger partial charge in [-0.05, 0) is 16.5 Å². The quantitative estimate of drug-likeness (QED) is 0.449. The van der Waals surface area contributed by atoms with Crippen LogP contribution in [0.5, 0.6) is 0 Å². The van der Waals surface area contributed by atoms with E-state index in [0.717, 1.165) is 10.9 Å². The molecule has 16 heavy (non-hydrogen) atoms. The van der Waals surface area contributed by atoms with Gasteiger partial charge in [0.2, 0.25) is 0 Å². The van der Waals surface area contributed by atoms with E-state index in [2.05, 4.69) is 15.5 Å². The molecule has 0 aliphatic rings. The molecule has 0 atom stereocenters. The zero-order chi connectivity index (χ0) is 11.1. The van der Waals surface area contributed by atoms with Crippen LogP contribution in [0.3, 0.4) is 0 Å². The van der Waals surface area contributed by atoms with Gasteiger partial charge < -0.3 is 0 Å². The molecule has 3 rings (SSSR count). The highest BCUT2D eigenvalue weighted by atomic mass is 16.6. The van der Waals surface area contributed by atoms with E-state index in [9.17, 15) is 10.1 Å². The van der Waals surface area contributed by atoms with Crippen molar-refractivity contribution in [1.29, 1.82) is 0 Å². The third-order valence-corrected chi connectivity index (χ3v) is 2.35. The van der Waals surface area contributed by atoms with Crippen LogP contribution in [0.25, 0.3) is 16.6 Å². The predicted octanol–water partition coefficient (Wildman–Crippen LogP) is 1.19. The molecule has 0 unspecified atom stereocenters. The molecule has 0 saturated heterocycles. The summed E-state index contributed by atoms with van der Waals surface area (Å²) in [5.41, 5.74) is 0.806. The minimum Gasteiger partial charge on any atom is -0.258 e. The Morgan fingerprint density at radius 1 is 1.31 bits per heavy atom. The number of hydrogen-bond acceptors (Lipinski definition) is 5. The number of nitrogens with zero attached hydrogens (tertiary/aromatic N) is 5. The van der Waals surface area contributed by atoms with Crippen LogP contribution in [0, 0.1) is 10.1 Å². The summed E-state index contributed by atoms with van der Waals surface area (Å²) >= 11 is 0. The first-order chi connectivity index (χ1) is 7.77. The van der Waals surface area contributed by atoms with Crippen molar-refractivity contribution in [2.75, 3.05) is 0 Å². The molecular weight excluding hydrogens is 210 g/mol. The van der Waals surface area contributed by atoms with Gasteiger partial charge in [0.1, 0.15) is 0 Å². The molecule has 0 radical (unpaired) electrons. The molecule has 2 aromatic heterocycles. The van der Waals surface area contributed by atoms with Crippen molar-refractivity contribution in [3.63, 3.8) is 0 Å². The average Bonchev–Trinajstić information content (AvgIpc) is 2.76. The lowest BCUT2D eigenvalue weighted by Crippen LogP contribution is -1.96. The van der Waals surface area contributed by atoms with Gasteiger partial charge in [-0.3, -0.25) is 10.1 Å². The van der Waals surface area contributed by atoms with Gasteiger partial charge in [0.15, 0.2) is 0 Å². The van der Waals surface area contributed by atoms with E-state index in [-0.39, 0.29) is 11.3 Å². The summed E-state index contributed by atoms with van der Waals surface area (Å²) < 4.78 is 1.37. The number of benzene rings is 1. The fourth-order valence-electron chi connectivity index (χ4n) is 1.66. The number of tetrazole rings is 1. The Hall–Kier alpha value is -2.57. The van der Waals surface area contributed by atoms with Crippen molar-refractivity contribution in [3.8, 4) is 0 Å². The van der Waals surface area contributed by atoms with E-state index < -0.39 is 4.92 Å². The van der Waals surface area contributed by atoms with Crippen LogP contribution in [-0.4, -0.2) is 25.0 Å². The Balaban J connectivity index is 2.58. The van der Waals surface area contributed by atoms with Gasteiger partial charge in [0.25, 0.3) is 5.65 Å². The summed E-state index contributed by atoms with van der Waals surface area (Å²) in [5, 5.41) is 22.4. The third kappa shape index (κ3) is 1.05. The van der Waals surface area contributed by atoms with Crippen LogP contribution < -0.4 is 0 Å². The second-order valence-electron chi connectivity index (χ2n) is 3.26. The first-order valence-electron chi connectivity index (χ1n) is 4.51. The maximum Gasteiger partial charge on any atom is 0.316 e. The molecule has 7 heteroatoms. The van der Waals surface area contributed by atoms with Crippen LogP contribution in [0.4, 0.5) is 5.69 Å². The van der Waals surface area contributed by atoms with E-state index in [1.807, 2.05) is 18.2 Å².